The third-order valence-electron chi connectivity index (χ3n) is 3.61. The molecule has 0 aromatic carbocycles. The summed E-state index contributed by atoms with van der Waals surface area (Å²) in [4.78, 5) is 14.6. The van der Waals surface area contributed by atoms with E-state index in [1.165, 1.54) is 18.9 Å². The Hall–Kier alpha value is -1.30. The van der Waals surface area contributed by atoms with Crippen LogP contribution < -0.4 is 5.32 Å². The van der Waals surface area contributed by atoms with Crippen molar-refractivity contribution in [3.63, 3.8) is 0 Å². The van der Waals surface area contributed by atoms with Crippen molar-refractivity contribution in [3.8, 4) is 0 Å². The second-order valence-electron chi connectivity index (χ2n) is 4.91. The van der Waals surface area contributed by atoms with Crippen LogP contribution in [0.25, 0.3) is 0 Å². The quantitative estimate of drug-likeness (QED) is 0.677. The van der Waals surface area contributed by atoms with Gasteiger partial charge in [-0.1, -0.05) is 0 Å². The molecule has 1 aliphatic rings. The van der Waals surface area contributed by atoms with Crippen LogP contribution in [0.4, 0.5) is 11.5 Å². The van der Waals surface area contributed by atoms with Crippen LogP contribution in [0.1, 0.15) is 31.4 Å². The van der Waals surface area contributed by atoms with Gasteiger partial charge in [0.1, 0.15) is 11.5 Å². The molecule has 1 aliphatic carbocycles. The number of nitrogens with zero attached hydrogens (tertiary/aromatic N) is 2. The van der Waals surface area contributed by atoms with Crippen molar-refractivity contribution in [2.75, 3.05) is 11.6 Å². The predicted molar refractivity (Wildman–Crippen MR) is 78.8 cm³/mol. The minimum atomic E-state index is -0.393. The van der Waals surface area contributed by atoms with Crippen molar-refractivity contribution in [1.82, 2.24) is 4.98 Å². The fourth-order valence-corrected chi connectivity index (χ4v) is 3.22. The van der Waals surface area contributed by atoms with E-state index in [1.54, 1.807) is 13.0 Å². The molecule has 0 saturated heterocycles. The highest BCUT2D eigenvalue weighted by Gasteiger charge is 2.21. The summed E-state index contributed by atoms with van der Waals surface area (Å²) < 4.78 is 0. The minimum absolute atomic E-state index is 0.0802. The standard InChI is InChI=1S/C13H19N3O2S/c1-9-12(16(17)18)7-8-13(14-9)15-10-3-5-11(19-2)6-4-10/h7-8,10-11H,3-6H2,1-2H3,(H,14,15). The molecule has 2 rings (SSSR count). The normalized spacial score (nSPS) is 23.1. The fraction of sp³-hybridized carbons (Fsp3) is 0.615. The SMILES string of the molecule is CSC1CCC(Nc2ccc([N+](=O)[O-])c(C)n2)CC1. The number of nitrogens with one attached hydrogen (secondary N) is 1. The van der Waals surface area contributed by atoms with Gasteiger partial charge in [-0.05, 0) is 44.9 Å². The van der Waals surface area contributed by atoms with Gasteiger partial charge >= 0.3 is 0 Å². The smallest absolute Gasteiger partial charge is 0.290 e. The number of aromatic nitrogens is 1. The zero-order chi connectivity index (χ0) is 13.8. The van der Waals surface area contributed by atoms with Gasteiger partial charge in [0.2, 0.25) is 0 Å². The molecule has 0 bridgehead atoms. The summed E-state index contributed by atoms with van der Waals surface area (Å²) in [7, 11) is 0. The summed E-state index contributed by atoms with van der Waals surface area (Å²) in [5.41, 5.74) is 0.546. The molecule has 0 amide bonds. The van der Waals surface area contributed by atoms with Crippen molar-refractivity contribution >= 4 is 23.3 Å². The number of pyridine rings is 1. The zero-order valence-electron chi connectivity index (χ0n) is 11.3. The topological polar surface area (TPSA) is 68.1 Å². The average molecular weight is 281 g/mol. The summed E-state index contributed by atoms with van der Waals surface area (Å²) >= 11 is 1.94. The third kappa shape index (κ3) is 3.59. The fourth-order valence-electron chi connectivity index (χ4n) is 2.48. The lowest BCUT2D eigenvalue weighted by Crippen LogP contribution is -2.27. The van der Waals surface area contributed by atoms with Crippen LogP contribution in [-0.4, -0.2) is 27.5 Å². The van der Waals surface area contributed by atoms with Gasteiger partial charge in [0.15, 0.2) is 0 Å². The minimum Gasteiger partial charge on any atom is -0.367 e. The van der Waals surface area contributed by atoms with E-state index in [0.29, 0.717) is 11.7 Å². The molecular weight excluding hydrogens is 262 g/mol. The first-order chi connectivity index (χ1) is 9.10. The van der Waals surface area contributed by atoms with Crippen molar-refractivity contribution in [2.24, 2.45) is 0 Å². The summed E-state index contributed by atoms with van der Waals surface area (Å²) in [6.45, 7) is 1.67. The number of rotatable bonds is 4. The number of thioether (sulfide) groups is 1. The highest BCUT2D eigenvalue weighted by atomic mass is 32.2. The summed E-state index contributed by atoms with van der Waals surface area (Å²) in [5.74, 6) is 0.746. The van der Waals surface area contributed by atoms with Crippen LogP contribution >= 0.6 is 11.8 Å². The molecule has 0 atom stereocenters. The monoisotopic (exact) mass is 281 g/mol. The largest absolute Gasteiger partial charge is 0.367 e. The third-order valence-corrected chi connectivity index (χ3v) is 4.75. The Morgan fingerprint density at radius 1 is 1.37 bits per heavy atom. The number of anilines is 1. The van der Waals surface area contributed by atoms with Crippen LogP contribution in [0.2, 0.25) is 0 Å². The van der Waals surface area contributed by atoms with Crippen molar-refractivity contribution in [3.05, 3.63) is 27.9 Å². The van der Waals surface area contributed by atoms with Crippen LogP contribution in [0, 0.1) is 17.0 Å². The molecule has 1 heterocycles. The number of hydrogen-bond acceptors (Lipinski definition) is 5. The molecule has 1 fully saturated rings. The molecule has 0 radical (unpaired) electrons. The van der Waals surface area contributed by atoms with Gasteiger partial charge in [-0.3, -0.25) is 10.1 Å². The maximum atomic E-state index is 10.7. The van der Waals surface area contributed by atoms with Crippen LogP contribution in [0.15, 0.2) is 12.1 Å². The van der Waals surface area contributed by atoms with E-state index in [0.717, 1.165) is 23.9 Å². The summed E-state index contributed by atoms with van der Waals surface area (Å²) in [5, 5.41) is 14.9. The molecule has 1 aromatic rings. The van der Waals surface area contributed by atoms with Gasteiger partial charge in [0.05, 0.1) is 4.92 Å². The lowest BCUT2D eigenvalue weighted by molar-refractivity contribution is -0.385. The molecule has 1 N–H and O–H groups in total. The Bertz CT molecular complexity index is 459. The zero-order valence-corrected chi connectivity index (χ0v) is 12.1. The van der Waals surface area contributed by atoms with Gasteiger partial charge < -0.3 is 5.32 Å². The highest BCUT2D eigenvalue weighted by Crippen LogP contribution is 2.28. The lowest BCUT2D eigenvalue weighted by Gasteiger charge is -2.28. The second-order valence-corrected chi connectivity index (χ2v) is 6.05. The first kappa shape index (κ1) is 14.1. The predicted octanol–water partition coefficient (Wildman–Crippen LogP) is 3.38. The van der Waals surface area contributed by atoms with E-state index in [-0.39, 0.29) is 5.69 Å². The van der Waals surface area contributed by atoms with Gasteiger partial charge in [-0.2, -0.15) is 11.8 Å². The van der Waals surface area contributed by atoms with Gasteiger partial charge in [0, 0.05) is 17.4 Å². The first-order valence-corrected chi connectivity index (χ1v) is 7.80. The molecule has 19 heavy (non-hydrogen) atoms. The van der Waals surface area contributed by atoms with E-state index in [9.17, 15) is 10.1 Å². The summed E-state index contributed by atoms with van der Waals surface area (Å²) in [6, 6.07) is 3.67. The molecule has 0 aliphatic heterocycles. The Morgan fingerprint density at radius 3 is 2.58 bits per heavy atom. The average Bonchev–Trinajstić information content (AvgIpc) is 2.39. The Kier molecular flexibility index (Phi) is 4.63. The molecule has 1 aromatic heterocycles. The second kappa shape index (κ2) is 6.23. The van der Waals surface area contributed by atoms with Gasteiger partial charge in [-0.15, -0.1) is 0 Å². The van der Waals surface area contributed by atoms with E-state index in [1.807, 2.05) is 11.8 Å². The number of aryl methyl sites for hydroxylation is 1. The van der Waals surface area contributed by atoms with Gasteiger partial charge in [0.25, 0.3) is 5.69 Å². The Morgan fingerprint density at radius 2 is 2.05 bits per heavy atom. The lowest BCUT2D eigenvalue weighted by atomic mass is 9.95. The Balaban J connectivity index is 1.97. The molecule has 104 valence electrons. The van der Waals surface area contributed by atoms with Crippen molar-refractivity contribution in [2.45, 2.75) is 43.9 Å². The highest BCUT2D eigenvalue weighted by molar-refractivity contribution is 7.99. The summed E-state index contributed by atoms with van der Waals surface area (Å²) in [6.07, 6.45) is 6.90. The van der Waals surface area contributed by atoms with Crippen LogP contribution in [0.3, 0.4) is 0 Å². The van der Waals surface area contributed by atoms with E-state index in [4.69, 9.17) is 0 Å². The van der Waals surface area contributed by atoms with Gasteiger partial charge in [-0.25, -0.2) is 4.98 Å². The maximum Gasteiger partial charge on any atom is 0.290 e. The molecule has 5 nitrogen and oxygen atoms in total. The van der Waals surface area contributed by atoms with Crippen LogP contribution in [0.5, 0.6) is 0 Å². The first-order valence-electron chi connectivity index (χ1n) is 6.51. The van der Waals surface area contributed by atoms with E-state index >= 15 is 0 Å². The number of hydrogen-bond donors (Lipinski definition) is 1. The molecule has 0 unspecified atom stereocenters. The maximum absolute atomic E-state index is 10.7. The Labute approximate surface area is 117 Å². The molecule has 1 saturated carbocycles. The molecule has 0 spiro atoms. The van der Waals surface area contributed by atoms with E-state index in [2.05, 4.69) is 16.6 Å². The molecular formula is C13H19N3O2S. The van der Waals surface area contributed by atoms with Crippen LogP contribution in [-0.2, 0) is 0 Å². The van der Waals surface area contributed by atoms with Crippen molar-refractivity contribution < 1.29 is 4.92 Å². The van der Waals surface area contributed by atoms with Crippen molar-refractivity contribution in [1.29, 1.82) is 0 Å². The van der Waals surface area contributed by atoms with E-state index < -0.39 is 4.92 Å². The number of nitro groups is 1. The molecule has 6 heteroatoms.